The number of benzene rings is 1. The second kappa shape index (κ2) is 10.4. The maximum atomic E-state index is 13.7. The summed E-state index contributed by atoms with van der Waals surface area (Å²) in [6, 6.07) is 5.30. The monoisotopic (exact) mass is 491 g/mol. The summed E-state index contributed by atoms with van der Waals surface area (Å²) in [5, 5.41) is 3.27. The molecule has 2 fully saturated rings. The van der Waals surface area contributed by atoms with E-state index in [-0.39, 0.29) is 29.3 Å². The molecule has 190 valence electrons. The molecule has 8 heteroatoms. The number of fused-ring (bicyclic) bond motifs is 2. The average Bonchev–Trinajstić information content (AvgIpc) is 2.74. The number of sulfonamides is 1. The van der Waals surface area contributed by atoms with Gasteiger partial charge in [-0.2, -0.15) is 4.31 Å². The van der Waals surface area contributed by atoms with Gasteiger partial charge in [-0.15, -0.1) is 0 Å². The van der Waals surface area contributed by atoms with Crippen molar-refractivity contribution in [2.24, 2.45) is 23.5 Å². The van der Waals surface area contributed by atoms with Crippen LogP contribution in [0.1, 0.15) is 76.8 Å². The van der Waals surface area contributed by atoms with Gasteiger partial charge in [0, 0.05) is 19.0 Å². The summed E-state index contributed by atoms with van der Waals surface area (Å²) in [6.07, 6.45) is 6.43. The van der Waals surface area contributed by atoms with Crippen molar-refractivity contribution in [1.29, 1.82) is 0 Å². The lowest BCUT2D eigenvalue weighted by atomic mass is 9.64. The number of primary amides is 1. The average molecular weight is 492 g/mol. The molecule has 2 bridgehead atoms. The van der Waals surface area contributed by atoms with Crippen molar-refractivity contribution < 1.29 is 18.0 Å². The van der Waals surface area contributed by atoms with Crippen LogP contribution in [0.4, 0.5) is 0 Å². The summed E-state index contributed by atoms with van der Waals surface area (Å²) < 4.78 is 28.6. The van der Waals surface area contributed by atoms with Crippen molar-refractivity contribution >= 4 is 21.8 Å². The Morgan fingerprint density at radius 1 is 1.15 bits per heavy atom. The molecule has 1 aromatic carbocycles. The van der Waals surface area contributed by atoms with E-state index in [9.17, 15) is 18.0 Å². The van der Waals surface area contributed by atoms with Crippen LogP contribution >= 0.6 is 0 Å². The third kappa shape index (κ3) is 5.33. The van der Waals surface area contributed by atoms with Crippen molar-refractivity contribution in [3.05, 3.63) is 29.3 Å². The highest BCUT2D eigenvalue weighted by atomic mass is 32.2. The molecule has 0 aliphatic heterocycles. The Balaban J connectivity index is 1.79. The number of nitrogens with zero attached hydrogens (tertiary/aromatic N) is 1. The number of nitrogens with one attached hydrogen (secondary N) is 1. The molecule has 0 aromatic heterocycles. The number of hydrogen-bond acceptors (Lipinski definition) is 4. The predicted octanol–water partition coefficient (Wildman–Crippen LogP) is 3.67. The van der Waals surface area contributed by atoms with Crippen LogP contribution < -0.4 is 11.1 Å². The molecule has 3 rings (SSSR count). The fourth-order valence-electron chi connectivity index (χ4n) is 6.11. The van der Waals surface area contributed by atoms with Gasteiger partial charge in [0.25, 0.3) is 0 Å². The van der Waals surface area contributed by atoms with Crippen molar-refractivity contribution in [1.82, 2.24) is 9.62 Å². The van der Waals surface area contributed by atoms with E-state index in [1.165, 1.54) is 4.31 Å². The molecular formula is C26H41N3O4S. The molecular weight excluding hydrogens is 450 g/mol. The minimum Gasteiger partial charge on any atom is -0.370 e. The van der Waals surface area contributed by atoms with Crippen LogP contribution in [0.15, 0.2) is 23.1 Å². The van der Waals surface area contributed by atoms with Gasteiger partial charge in [-0.3, -0.25) is 9.59 Å². The topological polar surface area (TPSA) is 110 Å². The largest absolute Gasteiger partial charge is 0.370 e. The number of rotatable bonds is 9. The van der Waals surface area contributed by atoms with Crippen LogP contribution in [0.5, 0.6) is 0 Å². The van der Waals surface area contributed by atoms with Crippen molar-refractivity contribution in [3.63, 3.8) is 0 Å². The Morgan fingerprint density at radius 3 is 2.32 bits per heavy atom. The van der Waals surface area contributed by atoms with Gasteiger partial charge in [-0.1, -0.05) is 25.5 Å². The molecule has 2 aliphatic carbocycles. The zero-order valence-electron chi connectivity index (χ0n) is 21.3. The van der Waals surface area contributed by atoms with Gasteiger partial charge in [0.2, 0.25) is 21.8 Å². The maximum Gasteiger partial charge on any atom is 0.244 e. The van der Waals surface area contributed by atoms with Crippen molar-refractivity contribution in [2.45, 2.75) is 96.0 Å². The maximum absolute atomic E-state index is 13.7. The number of amides is 2. The third-order valence-corrected chi connectivity index (χ3v) is 10.4. The van der Waals surface area contributed by atoms with E-state index < -0.39 is 15.6 Å². The van der Waals surface area contributed by atoms with E-state index in [0.717, 1.165) is 44.1 Å². The highest BCUT2D eigenvalue weighted by Gasteiger charge is 2.46. The molecule has 2 amide bonds. The van der Waals surface area contributed by atoms with E-state index >= 15 is 0 Å². The zero-order valence-corrected chi connectivity index (χ0v) is 22.1. The van der Waals surface area contributed by atoms with E-state index in [1.54, 1.807) is 39.8 Å². The smallest absolute Gasteiger partial charge is 0.244 e. The standard InChI is InChI=1S/C26H41N3O4S/c1-6-29(34(32,33)22-12-7-9-17(2)18(22)3)26(4,5)25(31)28-24-20-10-8-11-21(24)16-19(15-20)13-14-23(27)30/h7,9,12,19-21,24H,6,8,10-11,13-16H2,1-5H3,(H2,27,30)(H,28,31). The third-order valence-electron chi connectivity index (χ3n) is 8.12. The van der Waals surface area contributed by atoms with Gasteiger partial charge >= 0.3 is 0 Å². The van der Waals surface area contributed by atoms with Crippen LogP contribution in [0, 0.1) is 31.6 Å². The summed E-state index contributed by atoms with van der Waals surface area (Å²) in [5.41, 5.74) is 5.73. The Bertz CT molecular complexity index is 1010. The second-order valence-electron chi connectivity index (χ2n) is 10.7. The number of likely N-dealkylation sites (N-methyl/N-ethyl adjacent to an activating group) is 1. The molecule has 0 heterocycles. The Morgan fingerprint density at radius 2 is 1.76 bits per heavy atom. The first-order chi connectivity index (χ1) is 15.9. The summed E-state index contributed by atoms with van der Waals surface area (Å²) in [7, 11) is -3.86. The summed E-state index contributed by atoms with van der Waals surface area (Å²) in [4.78, 5) is 25.1. The van der Waals surface area contributed by atoms with Gasteiger partial charge in [-0.05, 0) is 94.7 Å². The van der Waals surface area contributed by atoms with Gasteiger partial charge in [-0.25, -0.2) is 8.42 Å². The lowest BCUT2D eigenvalue weighted by molar-refractivity contribution is -0.131. The van der Waals surface area contributed by atoms with Crippen LogP contribution in [0.25, 0.3) is 0 Å². The number of nitrogens with two attached hydrogens (primary N) is 1. The molecule has 7 nitrogen and oxygen atoms in total. The van der Waals surface area contributed by atoms with Crippen LogP contribution in [-0.4, -0.2) is 42.7 Å². The van der Waals surface area contributed by atoms with Crippen LogP contribution in [0.2, 0.25) is 0 Å². The SMILES string of the molecule is CCN(C(C)(C)C(=O)NC1C2CCCC1CC(CCC(N)=O)C2)S(=O)(=O)c1cccc(C)c1C. The lowest BCUT2D eigenvalue weighted by Gasteiger charge is -2.47. The van der Waals surface area contributed by atoms with E-state index in [2.05, 4.69) is 5.32 Å². The molecule has 34 heavy (non-hydrogen) atoms. The van der Waals surface area contributed by atoms with E-state index in [0.29, 0.717) is 29.7 Å². The van der Waals surface area contributed by atoms with Gasteiger partial charge in [0.15, 0.2) is 0 Å². The molecule has 0 saturated heterocycles. The molecule has 2 saturated carbocycles. The molecule has 1 aromatic rings. The lowest BCUT2D eigenvalue weighted by Crippen LogP contribution is -2.61. The quantitative estimate of drug-likeness (QED) is 0.549. The molecule has 0 radical (unpaired) electrons. The van der Waals surface area contributed by atoms with E-state index in [1.807, 2.05) is 13.0 Å². The first kappa shape index (κ1) is 26.7. The highest BCUT2D eigenvalue weighted by molar-refractivity contribution is 7.89. The number of hydrogen-bond donors (Lipinski definition) is 2. The van der Waals surface area contributed by atoms with E-state index in [4.69, 9.17) is 5.73 Å². The fraction of sp³-hybridized carbons (Fsp3) is 0.692. The van der Waals surface area contributed by atoms with Gasteiger partial charge in [0.1, 0.15) is 5.54 Å². The first-order valence-electron chi connectivity index (χ1n) is 12.6. The second-order valence-corrected chi connectivity index (χ2v) is 12.6. The Kier molecular flexibility index (Phi) is 8.13. The predicted molar refractivity (Wildman–Crippen MR) is 133 cm³/mol. The molecule has 2 atom stereocenters. The summed E-state index contributed by atoms with van der Waals surface area (Å²) >= 11 is 0. The summed E-state index contributed by atoms with van der Waals surface area (Å²) in [6.45, 7) is 9.06. The van der Waals surface area contributed by atoms with Crippen molar-refractivity contribution in [2.75, 3.05) is 6.54 Å². The van der Waals surface area contributed by atoms with Gasteiger partial charge in [0.05, 0.1) is 4.90 Å². The minimum absolute atomic E-state index is 0.0486. The molecule has 2 aliphatic rings. The fourth-order valence-corrected chi connectivity index (χ4v) is 8.17. The highest BCUT2D eigenvalue weighted by Crippen LogP contribution is 2.44. The molecule has 2 unspecified atom stereocenters. The normalized spacial score (nSPS) is 25.2. The summed E-state index contributed by atoms with van der Waals surface area (Å²) in [5.74, 6) is 0.667. The Labute approximate surface area is 204 Å². The molecule has 0 spiro atoms. The zero-order chi connectivity index (χ0) is 25.3. The number of aryl methyl sites for hydroxylation is 1. The minimum atomic E-state index is -3.86. The van der Waals surface area contributed by atoms with Crippen LogP contribution in [-0.2, 0) is 19.6 Å². The Hall–Kier alpha value is -1.93. The number of carbonyl (C=O) groups excluding carboxylic acids is 2. The van der Waals surface area contributed by atoms with Gasteiger partial charge < -0.3 is 11.1 Å². The van der Waals surface area contributed by atoms with Crippen molar-refractivity contribution in [3.8, 4) is 0 Å². The number of carbonyl (C=O) groups is 2. The van der Waals surface area contributed by atoms with Crippen LogP contribution in [0.3, 0.4) is 0 Å². The molecule has 3 N–H and O–H groups in total. The first-order valence-corrected chi connectivity index (χ1v) is 14.0.